The Hall–Kier alpha value is -0.650. The number of carbonyl (C=O) groups is 1. The number of β-amino-alcohol motifs (C(OH)–C–C–N with tert-alkyl or cyclic N) is 1. The molecule has 0 saturated carbocycles. The normalized spacial score (nSPS) is 23.9. The van der Waals surface area contributed by atoms with Crippen LogP contribution in [0, 0.1) is 0 Å². The Morgan fingerprint density at radius 3 is 2.60 bits per heavy atom. The monoisotopic (exact) mass is 214 g/mol. The predicted octanol–water partition coefficient (Wildman–Crippen LogP) is -1.09. The number of amides is 1. The first kappa shape index (κ1) is 10.9. The molecule has 0 aliphatic carbocycles. The average Bonchev–Trinajstić information content (AvgIpc) is 2.23. The minimum absolute atomic E-state index is 0.159. The van der Waals surface area contributed by atoms with Gasteiger partial charge in [0, 0.05) is 39.1 Å². The highest BCUT2D eigenvalue weighted by molar-refractivity contribution is 5.77. The number of nitrogens with zero attached hydrogens (tertiary/aromatic N) is 2. The molecule has 0 aromatic heterocycles. The molecule has 1 N–H and O–H groups in total. The van der Waals surface area contributed by atoms with Gasteiger partial charge in [0.15, 0.2) is 0 Å². The van der Waals surface area contributed by atoms with Crippen LogP contribution in [0.1, 0.15) is 6.42 Å². The summed E-state index contributed by atoms with van der Waals surface area (Å²) in [6.07, 6.45) is 0.268. The Labute approximate surface area is 89.6 Å². The summed E-state index contributed by atoms with van der Waals surface area (Å²) in [6.45, 7) is 5.25. The van der Waals surface area contributed by atoms with E-state index in [4.69, 9.17) is 9.84 Å². The third-order valence-corrected chi connectivity index (χ3v) is 2.96. The van der Waals surface area contributed by atoms with Gasteiger partial charge >= 0.3 is 0 Å². The molecule has 2 fully saturated rings. The van der Waals surface area contributed by atoms with E-state index < -0.39 is 0 Å². The molecule has 15 heavy (non-hydrogen) atoms. The first-order valence-corrected chi connectivity index (χ1v) is 5.51. The highest BCUT2D eigenvalue weighted by Crippen LogP contribution is 2.09. The predicted molar refractivity (Wildman–Crippen MR) is 54.5 cm³/mol. The molecule has 0 spiro atoms. The number of hydrogen-bond acceptors (Lipinski definition) is 4. The lowest BCUT2D eigenvalue weighted by molar-refractivity contribution is -0.141. The minimum Gasteiger partial charge on any atom is -0.389 e. The lowest BCUT2D eigenvalue weighted by Crippen LogP contribution is -2.54. The van der Waals surface area contributed by atoms with Gasteiger partial charge in [-0.05, 0) is 0 Å². The molecule has 0 unspecified atom stereocenters. The van der Waals surface area contributed by atoms with Crippen molar-refractivity contribution in [2.24, 2.45) is 0 Å². The molecule has 0 aromatic carbocycles. The second-order valence-electron chi connectivity index (χ2n) is 4.16. The van der Waals surface area contributed by atoms with Crippen LogP contribution in [0.3, 0.4) is 0 Å². The van der Waals surface area contributed by atoms with E-state index in [2.05, 4.69) is 4.90 Å². The fourth-order valence-corrected chi connectivity index (χ4v) is 1.90. The maximum absolute atomic E-state index is 11.6. The van der Waals surface area contributed by atoms with Crippen LogP contribution >= 0.6 is 0 Å². The quantitative estimate of drug-likeness (QED) is 0.649. The number of aliphatic hydroxyl groups excluding tert-OH is 1. The van der Waals surface area contributed by atoms with E-state index in [1.807, 2.05) is 0 Å². The van der Waals surface area contributed by atoms with Crippen molar-refractivity contribution in [3.05, 3.63) is 0 Å². The van der Waals surface area contributed by atoms with Gasteiger partial charge < -0.3 is 14.7 Å². The smallest absolute Gasteiger partial charge is 0.224 e. The molecule has 1 amide bonds. The number of morpholine rings is 1. The van der Waals surface area contributed by atoms with Crippen LogP contribution in [0.2, 0.25) is 0 Å². The maximum atomic E-state index is 11.6. The number of carbonyl (C=O) groups excluding carboxylic acids is 1. The summed E-state index contributed by atoms with van der Waals surface area (Å²) in [5.74, 6) is 0.159. The summed E-state index contributed by atoms with van der Waals surface area (Å²) in [4.78, 5) is 15.5. The van der Waals surface area contributed by atoms with Gasteiger partial charge in [0.2, 0.25) is 5.91 Å². The molecule has 2 saturated heterocycles. The number of ether oxygens (including phenoxy) is 1. The molecule has 0 radical (unpaired) electrons. The van der Waals surface area contributed by atoms with Crippen LogP contribution in [0.25, 0.3) is 0 Å². The molecule has 5 nitrogen and oxygen atoms in total. The summed E-state index contributed by atoms with van der Waals surface area (Å²) in [5.41, 5.74) is 0. The van der Waals surface area contributed by atoms with Gasteiger partial charge in [-0.2, -0.15) is 0 Å². The zero-order chi connectivity index (χ0) is 10.7. The summed E-state index contributed by atoms with van der Waals surface area (Å²) >= 11 is 0. The Morgan fingerprint density at radius 1 is 1.33 bits per heavy atom. The molecule has 2 heterocycles. The van der Waals surface area contributed by atoms with Crippen molar-refractivity contribution in [3.63, 3.8) is 0 Å². The Morgan fingerprint density at radius 2 is 2.00 bits per heavy atom. The summed E-state index contributed by atoms with van der Waals surface area (Å²) in [7, 11) is 0. The first-order valence-electron chi connectivity index (χ1n) is 5.51. The molecular weight excluding hydrogens is 196 g/mol. The number of aliphatic hydroxyl groups is 1. The van der Waals surface area contributed by atoms with Crippen LogP contribution in [0.4, 0.5) is 0 Å². The fourth-order valence-electron chi connectivity index (χ4n) is 1.90. The van der Waals surface area contributed by atoms with Crippen molar-refractivity contribution in [1.29, 1.82) is 0 Å². The van der Waals surface area contributed by atoms with E-state index in [1.165, 1.54) is 0 Å². The number of likely N-dealkylation sites (tertiary alicyclic amines) is 1. The molecule has 2 aliphatic heterocycles. The van der Waals surface area contributed by atoms with Crippen molar-refractivity contribution in [1.82, 2.24) is 9.80 Å². The molecule has 0 atom stereocenters. The lowest BCUT2D eigenvalue weighted by atomic mass is 10.1. The highest BCUT2D eigenvalue weighted by atomic mass is 16.5. The third kappa shape index (κ3) is 2.90. The average molecular weight is 214 g/mol. The maximum Gasteiger partial charge on any atom is 0.224 e. The van der Waals surface area contributed by atoms with Crippen LogP contribution in [0.5, 0.6) is 0 Å². The Kier molecular flexibility index (Phi) is 3.56. The van der Waals surface area contributed by atoms with Crippen molar-refractivity contribution < 1.29 is 14.6 Å². The highest BCUT2D eigenvalue weighted by Gasteiger charge is 2.28. The molecule has 2 rings (SSSR count). The van der Waals surface area contributed by atoms with E-state index in [0.29, 0.717) is 19.5 Å². The van der Waals surface area contributed by atoms with Crippen molar-refractivity contribution in [2.75, 3.05) is 45.9 Å². The van der Waals surface area contributed by atoms with Crippen molar-refractivity contribution in [2.45, 2.75) is 12.5 Å². The van der Waals surface area contributed by atoms with Crippen LogP contribution in [-0.4, -0.2) is 72.9 Å². The van der Waals surface area contributed by atoms with Crippen molar-refractivity contribution in [3.8, 4) is 0 Å². The van der Waals surface area contributed by atoms with Crippen LogP contribution in [0.15, 0.2) is 0 Å². The third-order valence-electron chi connectivity index (χ3n) is 2.96. The molecular formula is C10H18N2O3. The summed E-state index contributed by atoms with van der Waals surface area (Å²) < 4.78 is 5.23. The van der Waals surface area contributed by atoms with Gasteiger partial charge in [0.05, 0.1) is 19.3 Å². The largest absolute Gasteiger partial charge is 0.389 e. The Bertz CT molecular complexity index is 223. The topological polar surface area (TPSA) is 53.0 Å². The van der Waals surface area contributed by atoms with E-state index in [-0.39, 0.29) is 12.0 Å². The molecule has 86 valence electrons. The van der Waals surface area contributed by atoms with Gasteiger partial charge in [0.1, 0.15) is 0 Å². The lowest BCUT2D eigenvalue weighted by Gasteiger charge is -2.36. The number of rotatable bonds is 3. The summed E-state index contributed by atoms with van der Waals surface area (Å²) in [5, 5.41) is 9.06. The van der Waals surface area contributed by atoms with Gasteiger partial charge in [-0.25, -0.2) is 0 Å². The second-order valence-corrected chi connectivity index (χ2v) is 4.16. The van der Waals surface area contributed by atoms with Crippen molar-refractivity contribution >= 4 is 5.91 Å². The van der Waals surface area contributed by atoms with Gasteiger partial charge in [-0.1, -0.05) is 0 Å². The van der Waals surface area contributed by atoms with Crippen LogP contribution in [-0.2, 0) is 9.53 Å². The fraction of sp³-hybridized carbons (Fsp3) is 0.900. The van der Waals surface area contributed by atoms with Gasteiger partial charge in [-0.15, -0.1) is 0 Å². The molecule has 2 aliphatic rings. The van der Waals surface area contributed by atoms with Crippen LogP contribution < -0.4 is 0 Å². The standard InChI is InChI=1S/C10H18N2O3/c13-9-7-12(8-9)10(14)1-2-11-3-5-15-6-4-11/h9,13H,1-8H2. The SMILES string of the molecule is O=C(CCN1CCOCC1)N1CC(O)C1. The Balaban J connectivity index is 1.62. The number of hydrogen-bond donors (Lipinski definition) is 1. The van der Waals surface area contributed by atoms with Gasteiger partial charge in [-0.3, -0.25) is 9.69 Å². The van der Waals surface area contributed by atoms with E-state index in [1.54, 1.807) is 4.90 Å². The van der Waals surface area contributed by atoms with Gasteiger partial charge in [0.25, 0.3) is 0 Å². The van der Waals surface area contributed by atoms with E-state index in [9.17, 15) is 4.79 Å². The second kappa shape index (κ2) is 4.92. The zero-order valence-corrected chi connectivity index (χ0v) is 8.89. The minimum atomic E-state index is -0.294. The van der Waals surface area contributed by atoms with E-state index in [0.717, 1.165) is 32.8 Å². The van der Waals surface area contributed by atoms with E-state index >= 15 is 0 Å². The molecule has 0 aromatic rings. The zero-order valence-electron chi connectivity index (χ0n) is 8.89. The molecule has 5 heteroatoms. The molecule has 0 bridgehead atoms. The summed E-state index contributed by atoms with van der Waals surface area (Å²) in [6, 6.07) is 0. The first-order chi connectivity index (χ1) is 7.25.